The van der Waals surface area contributed by atoms with Crippen molar-refractivity contribution in [3.63, 3.8) is 0 Å². The summed E-state index contributed by atoms with van der Waals surface area (Å²) in [5.41, 5.74) is -1.92. The van der Waals surface area contributed by atoms with Crippen molar-refractivity contribution in [3.8, 4) is 0 Å². The van der Waals surface area contributed by atoms with Crippen molar-refractivity contribution in [1.29, 1.82) is 0 Å². The Balaban J connectivity index is 1.99. The van der Waals surface area contributed by atoms with Crippen LogP contribution in [0.5, 0.6) is 0 Å². The maximum Gasteiger partial charge on any atom is 0.0597 e. The van der Waals surface area contributed by atoms with Crippen LogP contribution in [0.25, 0.3) is 0 Å². The molecule has 0 bridgehead atoms. The lowest BCUT2D eigenvalue weighted by Crippen LogP contribution is -2.42. The van der Waals surface area contributed by atoms with Gasteiger partial charge in [-0.05, 0) is 0 Å². The Bertz CT molecular complexity index is 233. The number of nitrogens with zero attached hydrogens (tertiary/aromatic N) is 2. The highest BCUT2D eigenvalue weighted by molar-refractivity contribution is 8.53. The van der Waals surface area contributed by atoms with Crippen LogP contribution in [-0.2, 0) is 33.5 Å². The highest BCUT2D eigenvalue weighted by atomic mass is 32.9. The summed E-state index contributed by atoms with van der Waals surface area (Å²) in [4.78, 5) is 0. The molecule has 0 saturated carbocycles. The van der Waals surface area contributed by atoms with Crippen molar-refractivity contribution in [2.75, 3.05) is 52.6 Å². The fraction of sp³-hybridized carbons (Fsp3) is 1.00. The lowest BCUT2D eigenvalue weighted by Gasteiger charge is -2.50. The summed E-state index contributed by atoms with van der Waals surface area (Å²) in [7, 11) is 0. The van der Waals surface area contributed by atoms with E-state index in [0.717, 1.165) is 52.6 Å². The zero-order valence-corrected chi connectivity index (χ0v) is 11.2. The van der Waals surface area contributed by atoms with Crippen LogP contribution in [0, 0.1) is 0 Å². The molecular formula is C8H16N2O2PS2-. The van der Waals surface area contributed by atoms with Crippen molar-refractivity contribution < 1.29 is 9.47 Å². The van der Waals surface area contributed by atoms with Crippen molar-refractivity contribution in [3.05, 3.63) is 0 Å². The molecule has 0 amide bonds. The van der Waals surface area contributed by atoms with Gasteiger partial charge in [0.2, 0.25) is 0 Å². The van der Waals surface area contributed by atoms with Crippen LogP contribution in [0.4, 0.5) is 0 Å². The van der Waals surface area contributed by atoms with Crippen LogP contribution >= 0.6 is 5.54 Å². The lowest BCUT2D eigenvalue weighted by atomic mass is 10.5. The van der Waals surface area contributed by atoms with Crippen molar-refractivity contribution in [2.24, 2.45) is 0 Å². The zero-order chi connectivity index (χ0) is 10.7. The van der Waals surface area contributed by atoms with E-state index in [1.807, 2.05) is 0 Å². The molecule has 2 aliphatic rings. The van der Waals surface area contributed by atoms with Gasteiger partial charge in [0.25, 0.3) is 0 Å². The predicted molar refractivity (Wildman–Crippen MR) is 66.4 cm³/mol. The minimum atomic E-state index is -1.92. The Morgan fingerprint density at radius 1 is 0.867 bits per heavy atom. The van der Waals surface area contributed by atoms with Crippen LogP contribution in [-0.4, -0.2) is 61.9 Å². The molecule has 0 aromatic heterocycles. The average Bonchev–Trinajstić information content (AvgIpc) is 2.31. The van der Waals surface area contributed by atoms with E-state index in [-0.39, 0.29) is 0 Å². The molecule has 0 aromatic rings. The molecule has 0 spiro atoms. The third-order valence-electron chi connectivity index (χ3n) is 2.69. The lowest BCUT2D eigenvalue weighted by molar-refractivity contribution is 0.0598. The smallest absolute Gasteiger partial charge is 0.0597 e. The van der Waals surface area contributed by atoms with Crippen LogP contribution in [0.15, 0.2) is 0 Å². The first-order valence-electron chi connectivity index (χ1n) is 5.18. The van der Waals surface area contributed by atoms with Gasteiger partial charge in [-0.3, -0.25) is 9.34 Å². The first-order valence-corrected chi connectivity index (χ1v) is 8.91. The molecule has 2 rings (SSSR count). The van der Waals surface area contributed by atoms with Gasteiger partial charge in [0, 0.05) is 26.2 Å². The van der Waals surface area contributed by atoms with Gasteiger partial charge >= 0.3 is 0 Å². The second-order valence-corrected chi connectivity index (χ2v) is 9.48. The number of hydrogen-bond donors (Lipinski definition) is 0. The van der Waals surface area contributed by atoms with Crippen molar-refractivity contribution >= 4 is 29.6 Å². The van der Waals surface area contributed by atoms with E-state index in [4.69, 9.17) is 33.5 Å². The molecule has 0 N–H and O–H groups in total. The molecule has 2 fully saturated rings. The summed E-state index contributed by atoms with van der Waals surface area (Å²) in [6.45, 7) is 6.60. The largest absolute Gasteiger partial charge is 0.716 e. The number of rotatable bonds is 2. The highest BCUT2D eigenvalue weighted by Crippen LogP contribution is 2.51. The minimum absolute atomic E-state index is 0.763. The quantitative estimate of drug-likeness (QED) is 0.531. The number of ether oxygens (including phenoxy) is 2. The first kappa shape index (κ1) is 12.3. The topological polar surface area (TPSA) is 24.9 Å². The molecule has 0 atom stereocenters. The van der Waals surface area contributed by atoms with Crippen LogP contribution in [0.3, 0.4) is 0 Å². The van der Waals surface area contributed by atoms with Gasteiger partial charge in [-0.2, -0.15) is 0 Å². The van der Waals surface area contributed by atoms with Crippen LogP contribution in [0.1, 0.15) is 0 Å². The van der Waals surface area contributed by atoms with E-state index in [2.05, 4.69) is 9.34 Å². The molecule has 0 unspecified atom stereocenters. The predicted octanol–water partition coefficient (Wildman–Crippen LogP) is 0.422. The van der Waals surface area contributed by atoms with E-state index in [0.29, 0.717) is 0 Å². The third-order valence-corrected chi connectivity index (χ3v) is 7.69. The molecule has 4 nitrogen and oxygen atoms in total. The van der Waals surface area contributed by atoms with E-state index < -0.39 is 5.54 Å². The molecule has 7 heteroatoms. The zero-order valence-electron chi connectivity index (χ0n) is 8.63. The van der Waals surface area contributed by atoms with Crippen LogP contribution < -0.4 is 0 Å². The van der Waals surface area contributed by atoms with Gasteiger partial charge in [-0.1, -0.05) is 17.3 Å². The summed E-state index contributed by atoms with van der Waals surface area (Å²) in [5.74, 6) is 0. The monoisotopic (exact) mass is 267 g/mol. The highest BCUT2D eigenvalue weighted by Gasteiger charge is 2.24. The van der Waals surface area contributed by atoms with Crippen molar-refractivity contribution in [1.82, 2.24) is 9.34 Å². The van der Waals surface area contributed by atoms with Gasteiger partial charge in [0.15, 0.2) is 0 Å². The average molecular weight is 267 g/mol. The van der Waals surface area contributed by atoms with Gasteiger partial charge < -0.3 is 21.7 Å². The van der Waals surface area contributed by atoms with Gasteiger partial charge in [0.1, 0.15) is 0 Å². The number of hydrogen-bond acceptors (Lipinski definition) is 4. The molecule has 2 heterocycles. The Morgan fingerprint density at radius 3 is 1.53 bits per heavy atom. The van der Waals surface area contributed by atoms with E-state index in [1.54, 1.807) is 0 Å². The summed E-state index contributed by atoms with van der Waals surface area (Å²) in [5, 5.41) is 0. The molecular weight excluding hydrogens is 251 g/mol. The molecule has 15 heavy (non-hydrogen) atoms. The second-order valence-electron chi connectivity index (χ2n) is 3.62. The second kappa shape index (κ2) is 5.45. The maximum atomic E-state index is 5.65. The molecule has 0 aromatic carbocycles. The SMILES string of the molecule is S=P([S-])(N1CCOCC1)N1CCOCC1. The fourth-order valence-corrected chi connectivity index (χ4v) is 5.45. The van der Waals surface area contributed by atoms with Gasteiger partial charge in [-0.15, -0.1) is 0 Å². The van der Waals surface area contributed by atoms with E-state index in [9.17, 15) is 0 Å². The minimum Gasteiger partial charge on any atom is -0.716 e. The Kier molecular flexibility index (Phi) is 4.47. The molecule has 88 valence electrons. The first-order chi connectivity index (χ1) is 7.21. The normalized spacial score (nSPS) is 26.7. The van der Waals surface area contributed by atoms with Crippen molar-refractivity contribution in [2.45, 2.75) is 0 Å². The third kappa shape index (κ3) is 2.94. The summed E-state index contributed by atoms with van der Waals surface area (Å²) in [6.07, 6.45) is 0. The maximum absolute atomic E-state index is 5.65. The summed E-state index contributed by atoms with van der Waals surface area (Å²) in [6, 6.07) is 0. The Hall–Kier alpha value is 0.840. The number of morpholine rings is 2. The standard InChI is InChI=1S/C8H17N2O2PS2/c14-13(15,9-1-5-11-6-2-9)10-3-7-12-8-4-10/h1-8H2,(H,14,15)/p-1. The van der Waals surface area contributed by atoms with Gasteiger partial charge in [0.05, 0.1) is 26.4 Å². The summed E-state index contributed by atoms with van der Waals surface area (Å²) < 4.78 is 15.2. The summed E-state index contributed by atoms with van der Waals surface area (Å²) >= 11 is 11.3. The van der Waals surface area contributed by atoms with Crippen LogP contribution in [0.2, 0.25) is 0 Å². The molecule has 2 aliphatic heterocycles. The molecule has 0 aliphatic carbocycles. The fourth-order valence-electron chi connectivity index (χ4n) is 1.79. The van der Waals surface area contributed by atoms with E-state index >= 15 is 0 Å². The van der Waals surface area contributed by atoms with E-state index in [1.165, 1.54) is 0 Å². The molecule has 2 saturated heterocycles. The Morgan fingerprint density at radius 2 is 1.20 bits per heavy atom. The Labute approximate surface area is 101 Å². The molecule has 0 radical (unpaired) electrons. The van der Waals surface area contributed by atoms with Gasteiger partial charge in [-0.25, -0.2) is 0 Å².